The van der Waals surface area contributed by atoms with Gasteiger partial charge >= 0.3 is 5.63 Å². The molecule has 6 nitrogen and oxygen atoms in total. The summed E-state index contributed by atoms with van der Waals surface area (Å²) >= 11 is 0. The molecule has 0 fully saturated rings. The van der Waals surface area contributed by atoms with Gasteiger partial charge in [0.15, 0.2) is 6.61 Å². The molecule has 0 spiro atoms. The van der Waals surface area contributed by atoms with Crippen LogP contribution in [-0.4, -0.2) is 19.6 Å². The van der Waals surface area contributed by atoms with Gasteiger partial charge in [-0.1, -0.05) is 6.07 Å². The minimum atomic E-state index is -0.419. The molecular weight excluding hydrogens is 322 g/mol. The van der Waals surface area contributed by atoms with Gasteiger partial charge in [-0.15, -0.1) is 0 Å². The molecule has 0 atom stereocenters. The van der Waals surface area contributed by atoms with E-state index in [1.807, 2.05) is 6.92 Å². The summed E-state index contributed by atoms with van der Waals surface area (Å²) in [7, 11) is 1.56. The quantitative estimate of drug-likeness (QED) is 0.723. The van der Waals surface area contributed by atoms with Gasteiger partial charge in [0, 0.05) is 29.3 Å². The Hall–Kier alpha value is -3.28. The molecule has 0 saturated carbocycles. The zero-order valence-corrected chi connectivity index (χ0v) is 13.9. The topological polar surface area (TPSA) is 77.8 Å². The highest BCUT2D eigenvalue weighted by molar-refractivity contribution is 5.92. The molecule has 0 saturated heterocycles. The predicted octanol–water partition coefficient (Wildman–Crippen LogP) is 3.13. The molecule has 0 aliphatic rings. The van der Waals surface area contributed by atoms with Crippen LogP contribution >= 0.6 is 0 Å². The molecule has 0 unspecified atom stereocenters. The third-order valence-electron chi connectivity index (χ3n) is 3.65. The number of amides is 1. The first kappa shape index (κ1) is 16.6. The van der Waals surface area contributed by atoms with Crippen molar-refractivity contribution in [2.75, 3.05) is 19.0 Å². The lowest BCUT2D eigenvalue weighted by atomic mass is 10.1. The number of nitrogens with one attached hydrogen (secondary N) is 1. The second kappa shape index (κ2) is 7.09. The fraction of sp³-hybridized carbons (Fsp3) is 0.158. The molecule has 1 N–H and O–H groups in total. The van der Waals surface area contributed by atoms with Crippen LogP contribution in [0.4, 0.5) is 5.69 Å². The van der Waals surface area contributed by atoms with Crippen LogP contribution in [0.25, 0.3) is 11.0 Å². The number of ether oxygens (including phenoxy) is 2. The maximum atomic E-state index is 12.0. The molecule has 1 aromatic heterocycles. The number of benzene rings is 2. The summed E-state index contributed by atoms with van der Waals surface area (Å²) < 4.78 is 15.7. The molecule has 25 heavy (non-hydrogen) atoms. The van der Waals surface area contributed by atoms with Crippen LogP contribution in [0.5, 0.6) is 11.5 Å². The predicted molar refractivity (Wildman–Crippen MR) is 94.3 cm³/mol. The van der Waals surface area contributed by atoms with Crippen LogP contribution in [0, 0.1) is 6.92 Å². The maximum absolute atomic E-state index is 12.0. The molecule has 6 heteroatoms. The average Bonchev–Trinajstić information content (AvgIpc) is 2.59. The molecule has 0 aliphatic carbocycles. The van der Waals surface area contributed by atoms with Crippen LogP contribution < -0.4 is 20.4 Å². The molecule has 1 heterocycles. The molecule has 2 aromatic carbocycles. The molecule has 0 bridgehead atoms. The zero-order chi connectivity index (χ0) is 17.8. The molecular formula is C19H17NO5. The summed E-state index contributed by atoms with van der Waals surface area (Å²) in [6.45, 7) is 1.67. The fourth-order valence-electron chi connectivity index (χ4n) is 2.44. The van der Waals surface area contributed by atoms with Crippen molar-refractivity contribution in [3.8, 4) is 11.5 Å². The molecule has 3 aromatic rings. The number of carbonyl (C=O) groups excluding carboxylic acids is 1. The first-order valence-electron chi connectivity index (χ1n) is 7.66. The molecule has 0 aliphatic heterocycles. The summed E-state index contributed by atoms with van der Waals surface area (Å²) in [5, 5.41) is 3.55. The monoisotopic (exact) mass is 339 g/mol. The minimum absolute atomic E-state index is 0.168. The number of aryl methyl sites for hydroxylation is 1. The highest BCUT2D eigenvalue weighted by Gasteiger charge is 2.07. The summed E-state index contributed by atoms with van der Waals surface area (Å²) in [4.78, 5) is 23.5. The van der Waals surface area contributed by atoms with Crippen LogP contribution in [0.3, 0.4) is 0 Å². The fourth-order valence-corrected chi connectivity index (χ4v) is 2.44. The second-order valence-electron chi connectivity index (χ2n) is 5.48. The number of anilines is 1. The van der Waals surface area contributed by atoms with Crippen molar-refractivity contribution in [3.05, 3.63) is 64.5 Å². The summed E-state index contributed by atoms with van der Waals surface area (Å²) in [5.74, 6) is 0.791. The Morgan fingerprint density at radius 1 is 1.12 bits per heavy atom. The van der Waals surface area contributed by atoms with Gasteiger partial charge in [-0.25, -0.2) is 4.79 Å². The summed E-state index contributed by atoms with van der Waals surface area (Å²) in [5.41, 5.74) is 1.45. The SMILES string of the molecule is COc1cccc(NC(=O)COc2ccc3c(C)cc(=O)oc3c2)c1. The lowest BCUT2D eigenvalue weighted by molar-refractivity contribution is -0.118. The lowest BCUT2D eigenvalue weighted by Gasteiger charge is -2.09. The van der Waals surface area contributed by atoms with Gasteiger partial charge in [0.2, 0.25) is 0 Å². The third-order valence-corrected chi connectivity index (χ3v) is 3.65. The van der Waals surface area contributed by atoms with E-state index in [0.717, 1.165) is 10.9 Å². The van der Waals surface area contributed by atoms with Crippen LogP contribution in [0.2, 0.25) is 0 Å². The van der Waals surface area contributed by atoms with E-state index in [1.54, 1.807) is 49.6 Å². The molecule has 1 amide bonds. The highest BCUT2D eigenvalue weighted by atomic mass is 16.5. The van der Waals surface area contributed by atoms with Crippen molar-refractivity contribution < 1.29 is 18.7 Å². The Morgan fingerprint density at radius 3 is 2.76 bits per heavy atom. The first-order valence-corrected chi connectivity index (χ1v) is 7.66. The number of hydrogen-bond donors (Lipinski definition) is 1. The number of rotatable bonds is 5. The van der Waals surface area contributed by atoms with E-state index in [1.165, 1.54) is 6.07 Å². The first-order chi connectivity index (χ1) is 12.0. The summed E-state index contributed by atoms with van der Waals surface area (Å²) in [6.07, 6.45) is 0. The molecule has 128 valence electrons. The van der Waals surface area contributed by atoms with Crippen LogP contribution in [-0.2, 0) is 4.79 Å². The standard InChI is InChI=1S/C19H17NO5/c1-12-8-19(22)25-17-10-15(6-7-16(12)17)24-11-18(21)20-13-4-3-5-14(9-13)23-2/h3-10H,11H2,1-2H3,(H,20,21). The van der Waals surface area contributed by atoms with Crippen molar-refractivity contribution in [2.45, 2.75) is 6.92 Å². The Labute approximate surface area is 144 Å². The van der Waals surface area contributed by atoms with E-state index >= 15 is 0 Å². The van der Waals surface area contributed by atoms with Crippen LogP contribution in [0.1, 0.15) is 5.56 Å². The van der Waals surface area contributed by atoms with E-state index < -0.39 is 5.63 Å². The van der Waals surface area contributed by atoms with E-state index in [-0.39, 0.29) is 12.5 Å². The van der Waals surface area contributed by atoms with Gasteiger partial charge in [0.05, 0.1) is 7.11 Å². The second-order valence-corrected chi connectivity index (χ2v) is 5.48. The number of fused-ring (bicyclic) bond motifs is 1. The smallest absolute Gasteiger partial charge is 0.336 e. The Bertz CT molecular complexity index is 977. The van der Waals surface area contributed by atoms with Crippen molar-refractivity contribution in [1.82, 2.24) is 0 Å². The van der Waals surface area contributed by atoms with E-state index in [9.17, 15) is 9.59 Å². The van der Waals surface area contributed by atoms with Gasteiger partial charge in [0.1, 0.15) is 17.1 Å². The highest BCUT2D eigenvalue weighted by Crippen LogP contribution is 2.22. The van der Waals surface area contributed by atoms with Gasteiger partial charge in [0.25, 0.3) is 5.91 Å². The Kier molecular flexibility index (Phi) is 4.70. The van der Waals surface area contributed by atoms with E-state index in [2.05, 4.69) is 5.32 Å². The van der Waals surface area contributed by atoms with Gasteiger partial charge in [-0.05, 0) is 36.8 Å². The zero-order valence-electron chi connectivity index (χ0n) is 13.9. The van der Waals surface area contributed by atoms with Gasteiger partial charge in [-0.3, -0.25) is 4.79 Å². The average molecular weight is 339 g/mol. The number of methoxy groups -OCH3 is 1. The van der Waals surface area contributed by atoms with Crippen molar-refractivity contribution in [3.63, 3.8) is 0 Å². The van der Waals surface area contributed by atoms with Crippen molar-refractivity contribution >= 4 is 22.6 Å². The molecule has 0 radical (unpaired) electrons. The maximum Gasteiger partial charge on any atom is 0.336 e. The lowest BCUT2D eigenvalue weighted by Crippen LogP contribution is -2.20. The van der Waals surface area contributed by atoms with E-state index in [4.69, 9.17) is 13.9 Å². The Balaban J connectivity index is 1.67. The van der Waals surface area contributed by atoms with Crippen molar-refractivity contribution in [2.24, 2.45) is 0 Å². The van der Waals surface area contributed by atoms with Crippen molar-refractivity contribution in [1.29, 1.82) is 0 Å². The molecule has 3 rings (SSSR count). The van der Waals surface area contributed by atoms with Gasteiger partial charge in [-0.2, -0.15) is 0 Å². The van der Waals surface area contributed by atoms with Gasteiger partial charge < -0.3 is 19.2 Å². The number of carbonyl (C=O) groups is 1. The normalized spacial score (nSPS) is 10.5. The minimum Gasteiger partial charge on any atom is -0.497 e. The third kappa shape index (κ3) is 3.98. The van der Waals surface area contributed by atoms with Crippen LogP contribution in [0.15, 0.2) is 57.7 Å². The largest absolute Gasteiger partial charge is 0.497 e. The number of hydrogen-bond acceptors (Lipinski definition) is 5. The summed E-state index contributed by atoms with van der Waals surface area (Å²) in [6, 6.07) is 13.6. The van der Waals surface area contributed by atoms with E-state index in [0.29, 0.717) is 22.8 Å². The Morgan fingerprint density at radius 2 is 1.96 bits per heavy atom.